The summed E-state index contributed by atoms with van der Waals surface area (Å²) in [4.78, 5) is 11.3. The van der Waals surface area contributed by atoms with Crippen molar-refractivity contribution in [2.24, 2.45) is 5.92 Å². The highest BCUT2D eigenvalue weighted by Crippen LogP contribution is 2.00. The Morgan fingerprint density at radius 2 is 2.00 bits per heavy atom. The number of carbonyl (C=O) groups is 1. The fraction of sp³-hybridized carbons (Fsp3) is 0.364. The first-order chi connectivity index (χ1) is 5.97. The van der Waals surface area contributed by atoms with Crippen molar-refractivity contribution in [3.8, 4) is 0 Å². The van der Waals surface area contributed by atoms with Gasteiger partial charge in [0.1, 0.15) is 0 Å². The lowest BCUT2D eigenvalue weighted by Crippen LogP contribution is -2.26. The Hall–Kier alpha value is -1.31. The molecule has 72 valence electrons. The molecule has 0 atom stereocenters. The number of allylic oxidation sites excluding steroid dienone is 3. The number of amides is 1. The zero-order valence-corrected chi connectivity index (χ0v) is 8.55. The Morgan fingerprint density at radius 1 is 1.46 bits per heavy atom. The van der Waals surface area contributed by atoms with Crippen LogP contribution in [0.25, 0.3) is 0 Å². The highest BCUT2D eigenvalue weighted by molar-refractivity contribution is 5.80. The van der Waals surface area contributed by atoms with E-state index in [0.29, 0.717) is 5.70 Å². The number of carbonyl (C=O) groups excluding carboxylic acids is 1. The summed E-state index contributed by atoms with van der Waals surface area (Å²) in [6.45, 7) is 12.9. The number of nitrogens with one attached hydrogen (secondary N) is 1. The standard InChI is InChI=1S/C11H17NO/c1-6-10(7-8(2)3)12-11(13)9(4)5/h6-7,9H,1-2H2,3-5H3,(H,12,13)/b10-7+. The van der Waals surface area contributed by atoms with E-state index in [1.54, 1.807) is 12.2 Å². The highest BCUT2D eigenvalue weighted by Gasteiger charge is 2.06. The normalized spacial score (nSPS) is 11.2. The summed E-state index contributed by atoms with van der Waals surface area (Å²) in [6, 6.07) is 0. The average Bonchev–Trinajstić information content (AvgIpc) is 2.02. The second-order valence-electron chi connectivity index (χ2n) is 3.29. The summed E-state index contributed by atoms with van der Waals surface area (Å²) in [7, 11) is 0. The maximum Gasteiger partial charge on any atom is 0.226 e. The van der Waals surface area contributed by atoms with Crippen LogP contribution in [-0.2, 0) is 4.79 Å². The number of rotatable bonds is 4. The minimum atomic E-state index is -0.0199. The lowest BCUT2D eigenvalue weighted by molar-refractivity contribution is -0.123. The van der Waals surface area contributed by atoms with E-state index in [4.69, 9.17) is 0 Å². The maximum atomic E-state index is 11.3. The lowest BCUT2D eigenvalue weighted by atomic mass is 10.2. The molecule has 0 rings (SSSR count). The first-order valence-electron chi connectivity index (χ1n) is 4.28. The van der Waals surface area contributed by atoms with Gasteiger partial charge in [0.15, 0.2) is 0 Å². The second kappa shape index (κ2) is 5.36. The third-order valence-electron chi connectivity index (χ3n) is 1.41. The van der Waals surface area contributed by atoms with Crippen molar-refractivity contribution >= 4 is 5.91 Å². The Morgan fingerprint density at radius 3 is 2.31 bits per heavy atom. The first kappa shape index (κ1) is 11.7. The molecule has 0 aromatic heterocycles. The van der Waals surface area contributed by atoms with Crippen molar-refractivity contribution in [1.82, 2.24) is 5.32 Å². The molecule has 0 aliphatic rings. The van der Waals surface area contributed by atoms with E-state index < -0.39 is 0 Å². The van der Waals surface area contributed by atoms with Gasteiger partial charge in [-0.3, -0.25) is 4.79 Å². The van der Waals surface area contributed by atoms with Crippen molar-refractivity contribution in [2.75, 3.05) is 0 Å². The molecule has 1 amide bonds. The van der Waals surface area contributed by atoms with Crippen LogP contribution in [0.3, 0.4) is 0 Å². The fourth-order valence-corrected chi connectivity index (χ4v) is 0.698. The molecule has 2 heteroatoms. The van der Waals surface area contributed by atoms with E-state index in [0.717, 1.165) is 5.57 Å². The molecule has 0 saturated carbocycles. The highest BCUT2D eigenvalue weighted by atomic mass is 16.1. The van der Waals surface area contributed by atoms with Crippen LogP contribution in [0.15, 0.2) is 36.6 Å². The third kappa shape index (κ3) is 5.01. The van der Waals surface area contributed by atoms with Gasteiger partial charge >= 0.3 is 0 Å². The first-order valence-corrected chi connectivity index (χ1v) is 4.28. The molecule has 13 heavy (non-hydrogen) atoms. The fourth-order valence-electron chi connectivity index (χ4n) is 0.698. The zero-order valence-electron chi connectivity index (χ0n) is 8.55. The summed E-state index contributed by atoms with van der Waals surface area (Å²) >= 11 is 0. The van der Waals surface area contributed by atoms with Crippen LogP contribution in [0.4, 0.5) is 0 Å². The quantitative estimate of drug-likeness (QED) is 0.660. The Bertz CT molecular complexity index is 249. The van der Waals surface area contributed by atoms with E-state index >= 15 is 0 Å². The van der Waals surface area contributed by atoms with Crippen molar-refractivity contribution < 1.29 is 4.79 Å². The Balaban J connectivity index is 4.38. The van der Waals surface area contributed by atoms with Gasteiger partial charge in [0.05, 0.1) is 0 Å². The predicted molar refractivity (Wildman–Crippen MR) is 56.1 cm³/mol. The summed E-state index contributed by atoms with van der Waals surface area (Å²) in [5, 5.41) is 2.74. The van der Waals surface area contributed by atoms with Gasteiger partial charge in [0, 0.05) is 11.6 Å². The minimum absolute atomic E-state index is 0.00704. The molecular formula is C11H17NO. The molecule has 0 aromatic rings. The average molecular weight is 179 g/mol. The topological polar surface area (TPSA) is 29.1 Å². The van der Waals surface area contributed by atoms with Gasteiger partial charge in [-0.25, -0.2) is 0 Å². The SMILES string of the molecule is C=C/C(=C\C(=C)C)NC(=O)C(C)C. The lowest BCUT2D eigenvalue weighted by Gasteiger charge is -2.07. The molecule has 0 radical (unpaired) electrons. The van der Waals surface area contributed by atoms with Gasteiger partial charge in [0.25, 0.3) is 0 Å². The molecule has 1 N–H and O–H groups in total. The van der Waals surface area contributed by atoms with Crippen LogP contribution in [0.5, 0.6) is 0 Å². The summed E-state index contributed by atoms with van der Waals surface area (Å²) in [5.74, 6) is -0.0270. The van der Waals surface area contributed by atoms with E-state index in [2.05, 4.69) is 18.5 Å². The minimum Gasteiger partial charge on any atom is -0.326 e. The molecule has 0 aliphatic heterocycles. The third-order valence-corrected chi connectivity index (χ3v) is 1.41. The van der Waals surface area contributed by atoms with E-state index in [-0.39, 0.29) is 11.8 Å². The molecule has 0 aliphatic carbocycles. The van der Waals surface area contributed by atoms with E-state index in [1.807, 2.05) is 20.8 Å². The van der Waals surface area contributed by atoms with E-state index in [9.17, 15) is 4.79 Å². The Labute approximate surface area is 80.0 Å². The molecule has 0 bridgehead atoms. The molecule has 0 heterocycles. The molecule has 0 unspecified atom stereocenters. The zero-order chi connectivity index (χ0) is 10.4. The van der Waals surface area contributed by atoms with Crippen molar-refractivity contribution in [1.29, 1.82) is 0 Å². The van der Waals surface area contributed by atoms with Crippen molar-refractivity contribution in [2.45, 2.75) is 20.8 Å². The molecular weight excluding hydrogens is 162 g/mol. The second-order valence-corrected chi connectivity index (χ2v) is 3.29. The molecule has 0 aromatic carbocycles. The monoisotopic (exact) mass is 179 g/mol. The van der Waals surface area contributed by atoms with Crippen LogP contribution in [0, 0.1) is 5.92 Å². The predicted octanol–water partition coefficient (Wildman–Crippen LogP) is 2.40. The van der Waals surface area contributed by atoms with Crippen LogP contribution >= 0.6 is 0 Å². The van der Waals surface area contributed by atoms with Crippen LogP contribution < -0.4 is 5.32 Å². The van der Waals surface area contributed by atoms with Crippen molar-refractivity contribution in [3.63, 3.8) is 0 Å². The van der Waals surface area contributed by atoms with Crippen LogP contribution in [-0.4, -0.2) is 5.91 Å². The summed E-state index contributed by atoms with van der Waals surface area (Å²) < 4.78 is 0. The van der Waals surface area contributed by atoms with Crippen molar-refractivity contribution in [3.05, 3.63) is 36.6 Å². The van der Waals surface area contributed by atoms with Gasteiger partial charge in [-0.1, -0.05) is 32.6 Å². The Kier molecular flexibility index (Phi) is 4.82. The van der Waals surface area contributed by atoms with E-state index in [1.165, 1.54) is 0 Å². The maximum absolute atomic E-state index is 11.3. The molecule has 2 nitrogen and oxygen atoms in total. The number of hydrogen-bond donors (Lipinski definition) is 1. The smallest absolute Gasteiger partial charge is 0.226 e. The number of hydrogen-bond acceptors (Lipinski definition) is 1. The van der Waals surface area contributed by atoms with Gasteiger partial charge in [-0.05, 0) is 19.1 Å². The molecule has 0 spiro atoms. The van der Waals surface area contributed by atoms with Crippen LogP contribution in [0.2, 0.25) is 0 Å². The summed E-state index contributed by atoms with van der Waals surface area (Å²) in [6.07, 6.45) is 3.39. The largest absolute Gasteiger partial charge is 0.326 e. The van der Waals surface area contributed by atoms with Crippen LogP contribution in [0.1, 0.15) is 20.8 Å². The molecule has 0 fully saturated rings. The molecule has 0 saturated heterocycles. The summed E-state index contributed by atoms with van der Waals surface area (Å²) in [5.41, 5.74) is 1.59. The van der Waals surface area contributed by atoms with Gasteiger partial charge < -0.3 is 5.32 Å². The van der Waals surface area contributed by atoms with Gasteiger partial charge in [-0.15, -0.1) is 0 Å². The van der Waals surface area contributed by atoms with Gasteiger partial charge in [0.2, 0.25) is 5.91 Å². The van der Waals surface area contributed by atoms with Gasteiger partial charge in [-0.2, -0.15) is 0 Å².